The Kier molecular flexibility index (Phi) is 12.8. The number of hydrogen-bond donors (Lipinski definition) is 4. The lowest BCUT2D eigenvalue weighted by Gasteiger charge is -2.35. The smallest absolute Gasteiger partial charge is 0.425 e. The van der Waals surface area contributed by atoms with E-state index in [2.05, 4.69) is 69.4 Å². The highest BCUT2D eigenvalue weighted by Gasteiger charge is 2.39. The number of hydrazine groups is 2. The highest BCUT2D eigenvalue weighted by molar-refractivity contribution is 5.83. The second kappa shape index (κ2) is 17.9. The Balaban J connectivity index is 1.12. The van der Waals surface area contributed by atoms with Crippen LogP contribution in [0.1, 0.15) is 103 Å². The molecule has 4 N–H and O–H groups in total. The summed E-state index contributed by atoms with van der Waals surface area (Å²) in [5.74, 6) is 0.480. The van der Waals surface area contributed by atoms with Gasteiger partial charge in [-0.05, 0) is 75.6 Å². The molecule has 2 saturated carbocycles. The second-order valence-electron chi connectivity index (χ2n) is 15.3. The van der Waals surface area contributed by atoms with Crippen LogP contribution in [0.25, 0.3) is 33.6 Å². The van der Waals surface area contributed by atoms with Crippen molar-refractivity contribution in [3.8, 4) is 33.6 Å². The van der Waals surface area contributed by atoms with Crippen molar-refractivity contribution in [1.29, 1.82) is 0 Å². The molecule has 2 heterocycles. The number of benzene rings is 2. The number of H-pyrrole nitrogens is 2. The van der Waals surface area contributed by atoms with Gasteiger partial charge >= 0.3 is 12.2 Å². The van der Waals surface area contributed by atoms with Crippen LogP contribution in [0, 0.1) is 11.8 Å². The second-order valence-corrected chi connectivity index (χ2v) is 15.3. The molecule has 0 saturated heterocycles. The first-order valence-electron chi connectivity index (χ1n) is 19.6. The summed E-state index contributed by atoms with van der Waals surface area (Å²) in [7, 11) is 2.56. The Bertz CT molecular complexity index is 1830. The zero-order valence-electron chi connectivity index (χ0n) is 33.1. The number of imidazole rings is 2. The maximum atomic E-state index is 13.7. The molecule has 4 aromatic rings. The van der Waals surface area contributed by atoms with Gasteiger partial charge in [-0.25, -0.2) is 40.4 Å². The minimum absolute atomic E-state index is 0.0911. The maximum Gasteiger partial charge on any atom is 0.425 e. The van der Waals surface area contributed by atoms with Crippen LogP contribution < -0.4 is 10.9 Å². The fourth-order valence-electron chi connectivity index (χ4n) is 8.06. The first kappa shape index (κ1) is 40.0. The van der Waals surface area contributed by atoms with E-state index in [1.807, 2.05) is 40.1 Å². The SMILES string of the molecule is COC(=O)NN(C(=O)[C@H]1CCCC[C@H]1c1ncc(-c2ccc(-c3ccc(-c4cnc([C@H]5CCCC[C@H]5C(=O)N(NC(=O)OC)C(C)C)[nH]4)cc3)cc2)[nH]1)C(C)C. The average Bonchev–Trinajstić information content (AvgIpc) is 3.93. The summed E-state index contributed by atoms with van der Waals surface area (Å²) in [5, 5.41) is 2.76. The third-order valence-corrected chi connectivity index (χ3v) is 11.1. The standard InChI is InChI=1S/C42H54N8O6/c1-25(2)49(47-41(53)55-5)39(51)33-13-9-7-11-31(33)37-43-23-35(45-37)29-19-15-27(16-20-29)28-17-21-30(22-18-28)36-24-44-38(46-36)32-12-8-10-14-34(32)40(52)50(26(3)4)48-42(54)56-6/h15-26,31-34H,7-14H2,1-6H3,(H,43,45)(H,44,46)(H,47,53)(H,48,54)/t31-,32+,33+,34-. The molecule has 2 aromatic carbocycles. The van der Waals surface area contributed by atoms with Crippen LogP contribution in [-0.4, -0.2) is 80.3 Å². The van der Waals surface area contributed by atoms with Crippen molar-refractivity contribution in [2.45, 2.75) is 103 Å². The number of rotatable bonds is 9. The topological polar surface area (TPSA) is 175 Å². The summed E-state index contributed by atoms with van der Waals surface area (Å²) in [5.41, 5.74) is 11.0. The third kappa shape index (κ3) is 8.90. The molecule has 2 aromatic heterocycles. The lowest BCUT2D eigenvalue weighted by Crippen LogP contribution is -2.53. The Morgan fingerprint density at radius 2 is 0.929 bits per heavy atom. The van der Waals surface area contributed by atoms with Crippen LogP contribution in [-0.2, 0) is 19.1 Å². The molecule has 56 heavy (non-hydrogen) atoms. The van der Waals surface area contributed by atoms with E-state index in [1.54, 1.807) is 0 Å². The van der Waals surface area contributed by atoms with Gasteiger partial charge in [0.05, 0.1) is 38.0 Å². The number of nitrogens with one attached hydrogen (secondary N) is 4. The van der Waals surface area contributed by atoms with Crippen molar-refractivity contribution < 1.29 is 28.7 Å². The summed E-state index contributed by atoms with van der Waals surface area (Å²) in [4.78, 5) is 67.8. The molecule has 14 heteroatoms. The number of methoxy groups -OCH3 is 2. The van der Waals surface area contributed by atoms with Gasteiger partial charge in [0.15, 0.2) is 0 Å². The monoisotopic (exact) mass is 766 g/mol. The summed E-state index contributed by atoms with van der Waals surface area (Å²) >= 11 is 0. The van der Waals surface area contributed by atoms with Crippen molar-refractivity contribution in [1.82, 2.24) is 40.8 Å². The van der Waals surface area contributed by atoms with E-state index < -0.39 is 12.2 Å². The van der Waals surface area contributed by atoms with E-state index in [4.69, 9.17) is 19.4 Å². The lowest BCUT2D eigenvalue weighted by atomic mass is 9.78. The fourth-order valence-corrected chi connectivity index (χ4v) is 8.06. The van der Waals surface area contributed by atoms with E-state index in [0.717, 1.165) is 96.7 Å². The maximum absolute atomic E-state index is 13.7. The van der Waals surface area contributed by atoms with Crippen molar-refractivity contribution >= 4 is 24.0 Å². The van der Waals surface area contributed by atoms with Gasteiger partial charge in [0.2, 0.25) is 11.8 Å². The molecule has 4 amide bonds. The highest BCUT2D eigenvalue weighted by atomic mass is 16.5. The van der Waals surface area contributed by atoms with Crippen LogP contribution >= 0.6 is 0 Å². The molecule has 0 spiro atoms. The average molecular weight is 767 g/mol. The molecule has 298 valence electrons. The molecule has 2 fully saturated rings. The number of carbonyl (C=O) groups excluding carboxylic acids is 4. The third-order valence-electron chi connectivity index (χ3n) is 11.1. The van der Waals surface area contributed by atoms with E-state index in [9.17, 15) is 19.2 Å². The molecule has 4 atom stereocenters. The zero-order valence-corrected chi connectivity index (χ0v) is 33.1. The number of amides is 4. The Morgan fingerprint density at radius 1 is 0.589 bits per heavy atom. The van der Waals surface area contributed by atoms with Gasteiger partial charge in [-0.3, -0.25) is 9.59 Å². The summed E-state index contributed by atoms with van der Waals surface area (Å²) < 4.78 is 9.51. The first-order chi connectivity index (χ1) is 27.0. The van der Waals surface area contributed by atoms with Crippen LogP contribution in [0.2, 0.25) is 0 Å². The van der Waals surface area contributed by atoms with Gasteiger partial charge in [-0.2, -0.15) is 0 Å². The van der Waals surface area contributed by atoms with Gasteiger partial charge < -0.3 is 19.4 Å². The van der Waals surface area contributed by atoms with E-state index in [-0.39, 0.29) is 47.6 Å². The molecule has 0 aliphatic heterocycles. The van der Waals surface area contributed by atoms with Crippen molar-refractivity contribution in [3.05, 3.63) is 72.6 Å². The van der Waals surface area contributed by atoms with Crippen molar-refractivity contribution in [2.24, 2.45) is 11.8 Å². The molecular formula is C42H54N8O6. The number of aromatic nitrogens is 4. The quantitative estimate of drug-likeness (QED) is 0.125. The first-order valence-corrected chi connectivity index (χ1v) is 19.6. The molecule has 0 radical (unpaired) electrons. The molecule has 0 bridgehead atoms. The molecule has 0 unspecified atom stereocenters. The molecule has 6 rings (SSSR count). The van der Waals surface area contributed by atoms with Crippen LogP contribution in [0.3, 0.4) is 0 Å². The van der Waals surface area contributed by atoms with Crippen LogP contribution in [0.4, 0.5) is 9.59 Å². The van der Waals surface area contributed by atoms with Crippen molar-refractivity contribution in [3.63, 3.8) is 0 Å². The molecule has 14 nitrogen and oxygen atoms in total. The molecule has 2 aliphatic carbocycles. The number of nitrogens with zero attached hydrogens (tertiary/aromatic N) is 4. The largest absolute Gasteiger partial charge is 0.452 e. The molecule has 2 aliphatic rings. The normalized spacial score (nSPS) is 19.6. The fraction of sp³-hybridized carbons (Fsp3) is 0.476. The number of ether oxygens (including phenoxy) is 2. The minimum Gasteiger partial charge on any atom is -0.452 e. The Morgan fingerprint density at radius 3 is 1.27 bits per heavy atom. The van der Waals surface area contributed by atoms with Gasteiger partial charge in [-0.1, -0.05) is 74.2 Å². The van der Waals surface area contributed by atoms with E-state index >= 15 is 0 Å². The summed E-state index contributed by atoms with van der Waals surface area (Å²) in [6.45, 7) is 7.44. The number of aromatic amines is 2. The van der Waals surface area contributed by atoms with Crippen LogP contribution in [0.15, 0.2) is 60.9 Å². The molecular weight excluding hydrogens is 713 g/mol. The van der Waals surface area contributed by atoms with Gasteiger partial charge in [0.25, 0.3) is 0 Å². The Hall–Kier alpha value is -5.66. The Labute approximate surface area is 328 Å². The van der Waals surface area contributed by atoms with E-state index in [0.29, 0.717) is 0 Å². The number of carbonyl (C=O) groups is 4. The lowest BCUT2D eigenvalue weighted by molar-refractivity contribution is -0.143. The van der Waals surface area contributed by atoms with Gasteiger partial charge in [0, 0.05) is 35.8 Å². The zero-order chi connectivity index (χ0) is 39.9. The van der Waals surface area contributed by atoms with Crippen molar-refractivity contribution in [2.75, 3.05) is 14.2 Å². The van der Waals surface area contributed by atoms with E-state index in [1.165, 1.54) is 24.2 Å². The van der Waals surface area contributed by atoms with Gasteiger partial charge in [-0.15, -0.1) is 0 Å². The minimum atomic E-state index is -0.669. The van der Waals surface area contributed by atoms with Crippen LogP contribution in [0.5, 0.6) is 0 Å². The summed E-state index contributed by atoms with van der Waals surface area (Å²) in [6, 6.07) is 16.1. The highest BCUT2D eigenvalue weighted by Crippen LogP contribution is 2.40. The summed E-state index contributed by atoms with van der Waals surface area (Å²) in [6.07, 6.45) is 9.30. The number of hydrogen-bond acceptors (Lipinski definition) is 8. The van der Waals surface area contributed by atoms with Gasteiger partial charge in [0.1, 0.15) is 11.6 Å². The predicted molar refractivity (Wildman–Crippen MR) is 211 cm³/mol. The predicted octanol–water partition coefficient (Wildman–Crippen LogP) is 7.70.